The molecule has 2 rings (SSSR count). The molecule has 0 aliphatic carbocycles. The van der Waals surface area contributed by atoms with Crippen LogP contribution in [0.5, 0.6) is 0 Å². The highest BCUT2D eigenvalue weighted by atomic mass is 16.4. The van der Waals surface area contributed by atoms with E-state index in [9.17, 15) is 0 Å². The highest BCUT2D eigenvalue weighted by Gasteiger charge is 2.09. The molecule has 2 heterocycles. The number of hydrogen-bond acceptors (Lipinski definition) is 4. The Kier molecular flexibility index (Phi) is 3.93. The van der Waals surface area contributed by atoms with E-state index >= 15 is 0 Å². The number of aryl methyl sites for hydroxylation is 1. The van der Waals surface area contributed by atoms with Crippen LogP contribution in [-0.4, -0.2) is 21.1 Å². The maximum Gasteiger partial charge on any atom is 0.307 e. The van der Waals surface area contributed by atoms with Gasteiger partial charge < -0.3 is 9.73 Å². The molecule has 0 bridgehead atoms. The summed E-state index contributed by atoms with van der Waals surface area (Å²) in [6, 6.07) is 0.596. The van der Waals surface area contributed by atoms with Gasteiger partial charge in [0.15, 0.2) is 0 Å². The van der Waals surface area contributed by atoms with Gasteiger partial charge >= 0.3 is 6.01 Å². The summed E-state index contributed by atoms with van der Waals surface area (Å²) >= 11 is 0. The zero-order valence-corrected chi connectivity index (χ0v) is 10.3. The van der Waals surface area contributed by atoms with Crippen LogP contribution < -0.4 is 5.32 Å². The van der Waals surface area contributed by atoms with E-state index in [1.165, 1.54) is 0 Å². The van der Waals surface area contributed by atoms with Crippen LogP contribution in [0.3, 0.4) is 0 Å². The first-order chi connectivity index (χ1) is 8.35. The van der Waals surface area contributed by atoms with Crippen LogP contribution >= 0.6 is 0 Å². The van der Waals surface area contributed by atoms with Crippen molar-refractivity contribution in [3.05, 3.63) is 30.2 Å². The number of nitrogens with zero attached hydrogens (tertiary/aromatic N) is 3. The smallest absolute Gasteiger partial charge is 0.307 e. The Balaban J connectivity index is 2.15. The third-order valence-electron chi connectivity index (χ3n) is 2.49. The maximum atomic E-state index is 5.46. The van der Waals surface area contributed by atoms with Crippen LogP contribution in [-0.2, 0) is 13.0 Å². The Labute approximate surface area is 101 Å². The summed E-state index contributed by atoms with van der Waals surface area (Å²) in [6.07, 6.45) is 7.33. The summed E-state index contributed by atoms with van der Waals surface area (Å²) in [4.78, 5) is 8.73. The molecule has 17 heavy (non-hydrogen) atoms. The quantitative estimate of drug-likeness (QED) is 0.829. The van der Waals surface area contributed by atoms with Gasteiger partial charge in [0.05, 0.1) is 5.69 Å². The van der Waals surface area contributed by atoms with Crippen molar-refractivity contribution in [2.75, 3.05) is 6.54 Å². The SMILES string of the molecule is CCCc1nccn1-c1nc(CNCC)co1. The van der Waals surface area contributed by atoms with Crippen molar-refractivity contribution >= 4 is 0 Å². The molecular formula is C12H18N4O. The predicted octanol–water partition coefficient (Wildman–Crippen LogP) is 1.92. The van der Waals surface area contributed by atoms with Crippen LogP contribution in [0.1, 0.15) is 31.8 Å². The average Bonchev–Trinajstić information content (AvgIpc) is 2.95. The van der Waals surface area contributed by atoms with Crippen molar-refractivity contribution in [1.82, 2.24) is 19.9 Å². The highest BCUT2D eigenvalue weighted by Crippen LogP contribution is 2.11. The number of imidazole rings is 1. The van der Waals surface area contributed by atoms with Crippen LogP contribution in [0.25, 0.3) is 6.01 Å². The van der Waals surface area contributed by atoms with Gasteiger partial charge in [-0.1, -0.05) is 13.8 Å². The third-order valence-corrected chi connectivity index (χ3v) is 2.49. The van der Waals surface area contributed by atoms with Crippen molar-refractivity contribution < 1.29 is 4.42 Å². The molecule has 0 amide bonds. The Morgan fingerprint density at radius 1 is 1.41 bits per heavy atom. The standard InChI is InChI=1S/C12H18N4O/c1-3-5-11-14-6-7-16(11)12-15-10(9-17-12)8-13-4-2/h6-7,9,13H,3-5,8H2,1-2H3. The molecule has 0 aliphatic heterocycles. The Bertz CT molecular complexity index is 461. The van der Waals surface area contributed by atoms with Gasteiger partial charge in [0.25, 0.3) is 0 Å². The van der Waals surface area contributed by atoms with Crippen molar-refractivity contribution in [1.29, 1.82) is 0 Å². The number of oxazole rings is 1. The van der Waals surface area contributed by atoms with E-state index in [4.69, 9.17) is 4.42 Å². The molecule has 2 aromatic rings. The van der Waals surface area contributed by atoms with E-state index in [0.717, 1.165) is 37.4 Å². The molecule has 0 radical (unpaired) electrons. The number of aromatic nitrogens is 3. The summed E-state index contributed by atoms with van der Waals surface area (Å²) in [7, 11) is 0. The summed E-state index contributed by atoms with van der Waals surface area (Å²) in [5, 5.41) is 3.22. The minimum Gasteiger partial charge on any atom is -0.431 e. The molecule has 0 unspecified atom stereocenters. The van der Waals surface area contributed by atoms with Crippen LogP contribution in [0.2, 0.25) is 0 Å². The first-order valence-electron chi connectivity index (χ1n) is 6.02. The van der Waals surface area contributed by atoms with Gasteiger partial charge in [-0.15, -0.1) is 0 Å². The second kappa shape index (κ2) is 5.63. The molecule has 1 N–H and O–H groups in total. The lowest BCUT2D eigenvalue weighted by Crippen LogP contribution is -2.12. The zero-order valence-electron chi connectivity index (χ0n) is 10.3. The maximum absolute atomic E-state index is 5.46. The Morgan fingerprint density at radius 3 is 3.06 bits per heavy atom. The first kappa shape index (κ1) is 11.9. The van der Waals surface area contributed by atoms with Gasteiger partial charge in [0.2, 0.25) is 0 Å². The average molecular weight is 234 g/mol. The van der Waals surface area contributed by atoms with Crippen LogP contribution in [0.15, 0.2) is 23.1 Å². The third kappa shape index (κ3) is 2.74. The highest BCUT2D eigenvalue weighted by molar-refractivity contribution is 5.14. The predicted molar refractivity (Wildman–Crippen MR) is 65.0 cm³/mol. The van der Waals surface area contributed by atoms with E-state index < -0.39 is 0 Å². The molecule has 5 heteroatoms. The first-order valence-corrected chi connectivity index (χ1v) is 6.02. The Hall–Kier alpha value is -1.62. The van der Waals surface area contributed by atoms with Crippen molar-refractivity contribution in [2.24, 2.45) is 0 Å². The monoisotopic (exact) mass is 234 g/mol. The van der Waals surface area contributed by atoms with Crippen molar-refractivity contribution in [3.8, 4) is 6.01 Å². The second-order valence-electron chi connectivity index (χ2n) is 3.87. The summed E-state index contributed by atoms with van der Waals surface area (Å²) in [6.45, 7) is 5.85. The van der Waals surface area contributed by atoms with Gasteiger partial charge in [-0.25, -0.2) is 4.98 Å². The molecule has 0 aliphatic rings. The number of nitrogens with one attached hydrogen (secondary N) is 1. The lowest BCUT2D eigenvalue weighted by Gasteiger charge is -2.00. The minimum atomic E-state index is 0.596. The summed E-state index contributed by atoms with van der Waals surface area (Å²) in [5.41, 5.74) is 0.915. The topological polar surface area (TPSA) is 55.9 Å². The van der Waals surface area contributed by atoms with Gasteiger partial charge in [0.1, 0.15) is 12.1 Å². The molecule has 0 saturated heterocycles. The second-order valence-corrected chi connectivity index (χ2v) is 3.87. The molecule has 0 spiro atoms. The molecule has 0 atom stereocenters. The molecule has 2 aromatic heterocycles. The lowest BCUT2D eigenvalue weighted by atomic mass is 10.3. The molecular weight excluding hydrogens is 216 g/mol. The zero-order chi connectivity index (χ0) is 12.1. The van der Waals surface area contributed by atoms with Crippen LogP contribution in [0, 0.1) is 0 Å². The summed E-state index contributed by atoms with van der Waals surface area (Å²) < 4.78 is 7.37. The summed E-state index contributed by atoms with van der Waals surface area (Å²) in [5.74, 6) is 0.990. The van der Waals surface area contributed by atoms with Gasteiger partial charge in [-0.3, -0.25) is 4.57 Å². The van der Waals surface area contributed by atoms with E-state index in [1.807, 2.05) is 10.8 Å². The fourth-order valence-electron chi connectivity index (χ4n) is 1.66. The normalized spacial score (nSPS) is 10.9. The molecule has 0 aromatic carbocycles. The van der Waals surface area contributed by atoms with Crippen LogP contribution in [0.4, 0.5) is 0 Å². The van der Waals surface area contributed by atoms with E-state index in [0.29, 0.717) is 6.01 Å². The largest absolute Gasteiger partial charge is 0.431 e. The lowest BCUT2D eigenvalue weighted by molar-refractivity contribution is 0.518. The van der Waals surface area contributed by atoms with E-state index in [-0.39, 0.29) is 0 Å². The van der Waals surface area contributed by atoms with E-state index in [1.54, 1.807) is 12.5 Å². The Morgan fingerprint density at radius 2 is 2.29 bits per heavy atom. The molecule has 0 fully saturated rings. The number of hydrogen-bond donors (Lipinski definition) is 1. The molecule has 5 nitrogen and oxygen atoms in total. The fraction of sp³-hybridized carbons (Fsp3) is 0.500. The van der Waals surface area contributed by atoms with Crippen molar-refractivity contribution in [3.63, 3.8) is 0 Å². The van der Waals surface area contributed by atoms with Crippen molar-refractivity contribution in [2.45, 2.75) is 33.2 Å². The number of rotatable bonds is 6. The molecule has 0 saturated carbocycles. The molecule has 92 valence electrons. The van der Waals surface area contributed by atoms with Gasteiger partial charge in [-0.05, 0) is 13.0 Å². The van der Waals surface area contributed by atoms with E-state index in [2.05, 4.69) is 29.1 Å². The minimum absolute atomic E-state index is 0.596. The van der Waals surface area contributed by atoms with Gasteiger partial charge in [0, 0.05) is 25.4 Å². The van der Waals surface area contributed by atoms with Gasteiger partial charge in [-0.2, -0.15) is 4.98 Å². The fourth-order valence-corrected chi connectivity index (χ4v) is 1.66.